The first-order valence-corrected chi connectivity index (χ1v) is 7.06. The quantitative estimate of drug-likeness (QED) is 0.849. The van der Waals surface area contributed by atoms with Gasteiger partial charge in [-0.1, -0.05) is 15.9 Å². The zero-order valence-corrected chi connectivity index (χ0v) is 12.5. The predicted octanol–water partition coefficient (Wildman–Crippen LogP) is 2.80. The van der Waals surface area contributed by atoms with Crippen molar-refractivity contribution in [2.24, 2.45) is 5.92 Å². The van der Waals surface area contributed by atoms with E-state index in [1.54, 1.807) is 18.2 Å². The van der Waals surface area contributed by atoms with Gasteiger partial charge < -0.3 is 10.4 Å². The number of amides is 1. The molecule has 0 aromatic heterocycles. The number of halogens is 2. The first-order valence-electron chi connectivity index (χ1n) is 5.48. The molecule has 1 aliphatic carbocycles. The molecule has 18 heavy (non-hydrogen) atoms. The van der Waals surface area contributed by atoms with Crippen molar-refractivity contribution in [2.45, 2.75) is 18.9 Å². The van der Waals surface area contributed by atoms with E-state index >= 15 is 0 Å². The van der Waals surface area contributed by atoms with Crippen LogP contribution in [0.25, 0.3) is 0 Å². The molecule has 0 spiro atoms. The van der Waals surface area contributed by atoms with E-state index in [9.17, 15) is 9.59 Å². The van der Waals surface area contributed by atoms with Crippen molar-refractivity contribution in [3.8, 4) is 0 Å². The molecule has 1 aliphatic rings. The third-order valence-corrected chi connectivity index (χ3v) is 4.00. The largest absolute Gasteiger partial charge is 0.480 e. The number of rotatable bonds is 4. The maximum Gasteiger partial charge on any atom is 0.326 e. The van der Waals surface area contributed by atoms with Crippen LogP contribution in [0, 0.1) is 5.92 Å². The Morgan fingerprint density at radius 2 is 2.00 bits per heavy atom. The van der Waals surface area contributed by atoms with E-state index in [1.165, 1.54) is 0 Å². The highest BCUT2D eigenvalue weighted by atomic mass is 79.9. The number of aliphatic carboxylic acids is 1. The van der Waals surface area contributed by atoms with Crippen molar-refractivity contribution in [3.63, 3.8) is 0 Å². The topological polar surface area (TPSA) is 66.4 Å². The molecule has 1 aromatic carbocycles. The van der Waals surface area contributed by atoms with Crippen LogP contribution >= 0.6 is 31.9 Å². The van der Waals surface area contributed by atoms with Crippen LogP contribution in [0.5, 0.6) is 0 Å². The summed E-state index contributed by atoms with van der Waals surface area (Å²) in [6.07, 6.45) is 1.72. The minimum atomic E-state index is -0.975. The Hall–Kier alpha value is -0.880. The van der Waals surface area contributed by atoms with Gasteiger partial charge in [0.15, 0.2) is 0 Å². The summed E-state index contributed by atoms with van der Waals surface area (Å²) in [6.45, 7) is 0. The number of carbonyl (C=O) groups excluding carboxylic acids is 1. The highest BCUT2D eigenvalue weighted by Gasteiger charge is 2.37. The summed E-state index contributed by atoms with van der Waals surface area (Å²) in [5, 5.41) is 11.6. The molecule has 1 saturated carbocycles. The second-order valence-electron chi connectivity index (χ2n) is 4.25. The molecule has 1 unspecified atom stereocenters. The van der Waals surface area contributed by atoms with Gasteiger partial charge >= 0.3 is 5.97 Å². The van der Waals surface area contributed by atoms with Crippen LogP contribution in [0.4, 0.5) is 0 Å². The first kappa shape index (κ1) is 13.5. The third-order valence-electron chi connectivity index (χ3n) is 2.82. The van der Waals surface area contributed by atoms with Crippen molar-refractivity contribution in [3.05, 3.63) is 32.7 Å². The Morgan fingerprint density at radius 1 is 1.33 bits per heavy atom. The lowest BCUT2D eigenvalue weighted by molar-refractivity contribution is -0.139. The van der Waals surface area contributed by atoms with Gasteiger partial charge in [0.25, 0.3) is 5.91 Å². The molecule has 6 heteroatoms. The van der Waals surface area contributed by atoms with Gasteiger partial charge in [0.05, 0.1) is 5.56 Å². The number of hydrogen-bond acceptors (Lipinski definition) is 2. The molecule has 2 rings (SSSR count). The zero-order valence-electron chi connectivity index (χ0n) is 9.32. The lowest BCUT2D eigenvalue weighted by Gasteiger charge is -2.14. The normalized spacial score (nSPS) is 16.1. The lowest BCUT2D eigenvalue weighted by atomic mass is 10.1. The number of carbonyl (C=O) groups is 2. The fraction of sp³-hybridized carbons (Fsp3) is 0.333. The molecule has 0 heterocycles. The van der Waals surface area contributed by atoms with Gasteiger partial charge in [-0.25, -0.2) is 4.79 Å². The van der Waals surface area contributed by atoms with Gasteiger partial charge in [-0.05, 0) is 52.9 Å². The molecule has 1 amide bonds. The monoisotopic (exact) mass is 375 g/mol. The second-order valence-corrected chi connectivity index (χ2v) is 6.02. The highest BCUT2D eigenvalue weighted by molar-refractivity contribution is 9.11. The van der Waals surface area contributed by atoms with E-state index in [1.807, 2.05) is 0 Å². The summed E-state index contributed by atoms with van der Waals surface area (Å²) < 4.78 is 1.41. The molecule has 0 aliphatic heterocycles. The fourth-order valence-corrected chi connectivity index (χ4v) is 2.49. The van der Waals surface area contributed by atoms with Gasteiger partial charge in [-0.2, -0.15) is 0 Å². The summed E-state index contributed by atoms with van der Waals surface area (Å²) in [5.74, 6) is -1.28. The van der Waals surface area contributed by atoms with E-state index < -0.39 is 12.0 Å². The van der Waals surface area contributed by atoms with Crippen molar-refractivity contribution >= 4 is 43.7 Å². The Bertz CT molecular complexity index is 500. The Labute approximate surface area is 121 Å². The van der Waals surface area contributed by atoms with Crippen LogP contribution in [0.1, 0.15) is 23.2 Å². The molecule has 96 valence electrons. The Balaban J connectivity index is 2.15. The van der Waals surface area contributed by atoms with Crippen molar-refractivity contribution in [1.29, 1.82) is 0 Å². The average Bonchev–Trinajstić information content (AvgIpc) is 3.12. The van der Waals surface area contributed by atoms with Gasteiger partial charge in [0, 0.05) is 8.95 Å². The first-order chi connectivity index (χ1) is 8.49. The van der Waals surface area contributed by atoms with Crippen LogP contribution in [0.2, 0.25) is 0 Å². The number of carboxylic acids is 1. The molecule has 0 bridgehead atoms. The van der Waals surface area contributed by atoms with E-state index in [-0.39, 0.29) is 11.8 Å². The summed E-state index contributed by atoms with van der Waals surface area (Å²) >= 11 is 6.57. The molecular formula is C12H11Br2NO3. The minimum absolute atomic E-state index is 0.0670. The standard InChI is InChI=1S/C12H11Br2NO3/c13-7-3-4-9(14)8(5-7)11(16)15-10(12(17)18)6-1-2-6/h3-6,10H,1-2H2,(H,15,16)(H,17,18). The maximum atomic E-state index is 12.0. The molecular weight excluding hydrogens is 366 g/mol. The third kappa shape index (κ3) is 3.11. The second kappa shape index (κ2) is 5.40. The highest BCUT2D eigenvalue weighted by Crippen LogP contribution is 2.33. The number of nitrogens with one attached hydrogen (secondary N) is 1. The van der Waals surface area contributed by atoms with Crippen LogP contribution in [-0.2, 0) is 4.79 Å². The van der Waals surface area contributed by atoms with Gasteiger partial charge in [0.2, 0.25) is 0 Å². The summed E-state index contributed by atoms with van der Waals surface area (Å²) in [4.78, 5) is 23.1. The molecule has 1 fully saturated rings. The van der Waals surface area contributed by atoms with Gasteiger partial charge in [0.1, 0.15) is 6.04 Å². The number of benzene rings is 1. The zero-order chi connectivity index (χ0) is 13.3. The average molecular weight is 377 g/mol. The predicted molar refractivity (Wildman–Crippen MR) is 73.5 cm³/mol. The maximum absolute atomic E-state index is 12.0. The van der Waals surface area contributed by atoms with E-state index in [4.69, 9.17) is 5.11 Å². The SMILES string of the molecule is O=C(NC(C(=O)O)C1CC1)c1cc(Br)ccc1Br. The lowest BCUT2D eigenvalue weighted by Crippen LogP contribution is -2.42. The Morgan fingerprint density at radius 3 is 2.56 bits per heavy atom. The van der Waals surface area contributed by atoms with E-state index in [0.717, 1.165) is 17.3 Å². The summed E-state index contributed by atoms with van der Waals surface area (Å²) in [7, 11) is 0. The van der Waals surface area contributed by atoms with Crippen molar-refractivity contribution in [2.75, 3.05) is 0 Å². The van der Waals surface area contributed by atoms with Crippen LogP contribution < -0.4 is 5.32 Å². The smallest absolute Gasteiger partial charge is 0.326 e. The summed E-state index contributed by atoms with van der Waals surface area (Å²) in [5.41, 5.74) is 0.427. The number of hydrogen-bond donors (Lipinski definition) is 2. The fourth-order valence-electron chi connectivity index (χ4n) is 1.70. The molecule has 4 nitrogen and oxygen atoms in total. The van der Waals surface area contributed by atoms with Gasteiger partial charge in [-0.15, -0.1) is 0 Å². The van der Waals surface area contributed by atoms with Crippen molar-refractivity contribution < 1.29 is 14.7 Å². The molecule has 0 radical (unpaired) electrons. The van der Waals surface area contributed by atoms with Crippen molar-refractivity contribution in [1.82, 2.24) is 5.32 Å². The van der Waals surface area contributed by atoms with Crippen LogP contribution in [-0.4, -0.2) is 23.0 Å². The van der Waals surface area contributed by atoms with E-state index in [2.05, 4.69) is 37.2 Å². The summed E-state index contributed by atoms with van der Waals surface area (Å²) in [6, 6.07) is 4.41. The molecule has 0 saturated heterocycles. The van der Waals surface area contributed by atoms with Crippen LogP contribution in [0.15, 0.2) is 27.1 Å². The Kier molecular flexibility index (Phi) is 4.07. The minimum Gasteiger partial charge on any atom is -0.480 e. The number of carboxylic acid groups (broad SMARTS) is 1. The molecule has 1 atom stereocenters. The van der Waals surface area contributed by atoms with Gasteiger partial charge in [-0.3, -0.25) is 4.79 Å². The van der Waals surface area contributed by atoms with E-state index in [0.29, 0.717) is 10.0 Å². The molecule has 2 N–H and O–H groups in total. The van der Waals surface area contributed by atoms with Crippen LogP contribution in [0.3, 0.4) is 0 Å². The molecule has 1 aromatic rings.